The lowest BCUT2D eigenvalue weighted by Crippen LogP contribution is -2.52. The van der Waals surface area contributed by atoms with Crippen LogP contribution < -0.4 is 10.1 Å². The zero-order chi connectivity index (χ0) is 20.5. The van der Waals surface area contributed by atoms with Gasteiger partial charge in [-0.2, -0.15) is 5.10 Å². The number of rotatable bonds is 5. The third-order valence-electron chi connectivity index (χ3n) is 6.25. The minimum absolute atomic E-state index is 0.0382. The van der Waals surface area contributed by atoms with Crippen LogP contribution in [0.5, 0.6) is 5.75 Å². The molecule has 0 radical (unpaired) electrons. The number of ether oxygens (including phenoxy) is 1. The Bertz CT molecular complexity index is 899. The van der Waals surface area contributed by atoms with E-state index in [1.165, 1.54) is 11.1 Å². The van der Waals surface area contributed by atoms with E-state index in [4.69, 9.17) is 4.74 Å². The van der Waals surface area contributed by atoms with Gasteiger partial charge >= 0.3 is 0 Å². The molecule has 1 fully saturated rings. The standard InChI is InChI=1S/C22H31N5O2/c1-15-21(16(2)25(4)24-15)23-22(28)17(3)27-10-8-26(9-11-27)14-18-5-6-20-19(13-18)7-12-29-20/h5-6,13,17H,7-12,14H2,1-4H3,(H,23,28). The summed E-state index contributed by atoms with van der Waals surface area (Å²) in [5.41, 5.74) is 5.34. The molecule has 1 amide bonds. The molecule has 0 saturated carbocycles. The molecule has 2 aliphatic heterocycles. The molecule has 1 unspecified atom stereocenters. The lowest BCUT2D eigenvalue weighted by Gasteiger charge is -2.37. The number of amides is 1. The van der Waals surface area contributed by atoms with Gasteiger partial charge in [0.05, 0.1) is 29.7 Å². The Balaban J connectivity index is 1.30. The first-order valence-corrected chi connectivity index (χ1v) is 10.4. The number of carbonyl (C=O) groups is 1. The summed E-state index contributed by atoms with van der Waals surface area (Å²) in [6.07, 6.45) is 1.01. The van der Waals surface area contributed by atoms with E-state index in [-0.39, 0.29) is 11.9 Å². The Kier molecular flexibility index (Phi) is 5.61. The Hall–Kier alpha value is -2.38. The Labute approximate surface area is 172 Å². The predicted molar refractivity (Wildman–Crippen MR) is 113 cm³/mol. The van der Waals surface area contributed by atoms with E-state index in [9.17, 15) is 4.79 Å². The molecule has 29 heavy (non-hydrogen) atoms. The maximum absolute atomic E-state index is 12.8. The largest absolute Gasteiger partial charge is 0.493 e. The summed E-state index contributed by atoms with van der Waals surface area (Å²) in [5, 5.41) is 7.46. The molecular weight excluding hydrogens is 366 g/mol. The highest BCUT2D eigenvalue weighted by atomic mass is 16.5. The van der Waals surface area contributed by atoms with Gasteiger partial charge in [0, 0.05) is 46.2 Å². The highest BCUT2D eigenvalue weighted by molar-refractivity contribution is 5.95. The van der Waals surface area contributed by atoms with Gasteiger partial charge < -0.3 is 10.1 Å². The first-order chi connectivity index (χ1) is 13.9. The van der Waals surface area contributed by atoms with E-state index >= 15 is 0 Å². The van der Waals surface area contributed by atoms with Crippen molar-refractivity contribution >= 4 is 11.6 Å². The van der Waals surface area contributed by atoms with Gasteiger partial charge in [-0.25, -0.2) is 0 Å². The molecule has 2 aliphatic rings. The van der Waals surface area contributed by atoms with Gasteiger partial charge in [-0.05, 0) is 38.0 Å². The summed E-state index contributed by atoms with van der Waals surface area (Å²) in [7, 11) is 1.90. The quantitative estimate of drug-likeness (QED) is 0.837. The van der Waals surface area contributed by atoms with Crippen LogP contribution in [0.4, 0.5) is 5.69 Å². The molecule has 2 aromatic rings. The predicted octanol–water partition coefficient (Wildman–Crippen LogP) is 2.12. The summed E-state index contributed by atoms with van der Waals surface area (Å²) < 4.78 is 7.41. The number of hydrogen-bond donors (Lipinski definition) is 1. The van der Waals surface area contributed by atoms with Crippen molar-refractivity contribution in [2.75, 3.05) is 38.1 Å². The highest BCUT2D eigenvalue weighted by Crippen LogP contribution is 2.26. The van der Waals surface area contributed by atoms with Crippen LogP contribution in [0.2, 0.25) is 0 Å². The smallest absolute Gasteiger partial charge is 0.241 e. The third-order valence-corrected chi connectivity index (χ3v) is 6.25. The van der Waals surface area contributed by atoms with Crippen molar-refractivity contribution in [3.63, 3.8) is 0 Å². The minimum Gasteiger partial charge on any atom is -0.493 e. The molecule has 0 spiro atoms. The van der Waals surface area contributed by atoms with Gasteiger partial charge in [0.15, 0.2) is 0 Å². The van der Waals surface area contributed by atoms with Crippen molar-refractivity contribution < 1.29 is 9.53 Å². The average Bonchev–Trinajstić information content (AvgIpc) is 3.27. The van der Waals surface area contributed by atoms with E-state index in [0.29, 0.717) is 0 Å². The zero-order valence-electron chi connectivity index (χ0n) is 17.9. The lowest BCUT2D eigenvalue weighted by atomic mass is 10.1. The molecule has 1 saturated heterocycles. The van der Waals surface area contributed by atoms with Crippen LogP contribution in [0.15, 0.2) is 18.2 Å². The average molecular weight is 398 g/mol. The molecule has 0 bridgehead atoms. The topological polar surface area (TPSA) is 62.6 Å². The maximum Gasteiger partial charge on any atom is 0.241 e. The first-order valence-electron chi connectivity index (χ1n) is 10.4. The third kappa shape index (κ3) is 4.16. The van der Waals surface area contributed by atoms with Crippen LogP contribution in [-0.4, -0.2) is 64.3 Å². The molecule has 1 aromatic heterocycles. The molecule has 1 aromatic carbocycles. The number of anilines is 1. The zero-order valence-corrected chi connectivity index (χ0v) is 17.9. The lowest BCUT2D eigenvalue weighted by molar-refractivity contribution is -0.121. The van der Waals surface area contributed by atoms with Crippen molar-refractivity contribution in [1.29, 1.82) is 0 Å². The SMILES string of the molecule is Cc1nn(C)c(C)c1NC(=O)C(C)N1CCN(Cc2ccc3c(c2)CCO3)CC1. The number of carbonyl (C=O) groups excluding carboxylic acids is 1. The van der Waals surface area contributed by atoms with Crippen LogP contribution in [0.3, 0.4) is 0 Å². The molecule has 3 heterocycles. The van der Waals surface area contributed by atoms with Crippen LogP contribution in [-0.2, 0) is 24.8 Å². The van der Waals surface area contributed by atoms with E-state index in [1.54, 1.807) is 4.68 Å². The number of aromatic nitrogens is 2. The molecule has 1 atom stereocenters. The van der Waals surface area contributed by atoms with Crippen LogP contribution in [0.25, 0.3) is 0 Å². The second kappa shape index (κ2) is 8.16. The normalized spacial score (nSPS) is 18.3. The fraction of sp³-hybridized carbons (Fsp3) is 0.545. The number of nitrogens with zero attached hydrogens (tertiary/aromatic N) is 4. The number of fused-ring (bicyclic) bond motifs is 1. The van der Waals surface area contributed by atoms with Crippen molar-refractivity contribution in [2.24, 2.45) is 7.05 Å². The van der Waals surface area contributed by atoms with Crippen molar-refractivity contribution in [3.8, 4) is 5.75 Å². The summed E-state index contributed by atoms with van der Waals surface area (Å²) in [6.45, 7) is 11.4. The Morgan fingerprint density at radius 3 is 2.69 bits per heavy atom. The number of nitrogens with one attached hydrogen (secondary N) is 1. The van der Waals surface area contributed by atoms with E-state index in [1.807, 2.05) is 27.8 Å². The van der Waals surface area contributed by atoms with Gasteiger partial charge in [-0.3, -0.25) is 19.3 Å². The number of piperazine rings is 1. The van der Waals surface area contributed by atoms with E-state index in [2.05, 4.69) is 38.4 Å². The van der Waals surface area contributed by atoms with Gasteiger partial charge in [0.2, 0.25) is 5.91 Å². The van der Waals surface area contributed by atoms with Gasteiger partial charge in [0.1, 0.15) is 5.75 Å². The second-order valence-corrected chi connectivity index (χ2v) is 8.19. The van der Waals surface area contributed by atoms with Crippen LogP contribution in [0.1, 0.15) is 29.4 Å². The second-order valence-electron chi connectivity index (χ2n) is 8.19. The molecule has 0 aliphatic carbocycles. The summed E-state index contributed by atoms with van der Waals surface area (Å²) in [6, 6.07) is 6.39. The molecule has 1 N–H and O–H groups in total. The molecule has 156 valence electrons. The first kappa shape index (κ1) is 19.9. The monoisotopic (exact) mass is 397 g/mol. The minimum atomic E-state index is -0.159. The maximum atomic E-state index is 12.8. The molecule has 4 rings (SSSR count). The van der Waals surface area contributed by atoms with Crippen LogP contribution >= 0.6 is 0 Å². The number of aryl methyl sites for hydroxylation is 2. The molecule has 7 nitrogen and oxygen atoms in total. The Morgan fingerprint density at radius 2 is 2.00 bits per heavy atom. The fourth-order valence-electron chi connectivity index (χ4n) is 4.25. The fourth-order valence-corrected chi connectivity index (χ4v) is 4.25. The van der Waals surface area contributed by atoms with Crippen LogP contribution in [0, 0.1) is 13.8 Å². The van der Waals surface area contributed by atoms with Crippen molar-refractivity contribution in [3.05, 3.63) is 40.7 Å². The van der Waals surface area contributed by atoms with Crippen molar-refractivity contribution in [2.45, 2.75) is 39.8 Å². The summed E-state index contributed by atoms with van der Waals surface area (Å²) in [5.74, 6) is 1.08. The summed E-state index contributed by atoms with van der Waals surface area (Å²) in [4.78, 5) is 17.5. The van der Waals surface area contributed by atoms with E-state index in [0.717, 1.165) is 68.6 Å². The molecule has 7 heteroatoms. The van der Waals surface area contributed by atoms with Gasteiger partial charge in [-0.15, -0.1) is 0 Å². The van der Waals surface area contributed by atoms with E-state index < -0.39 is 0 Å². The summed E-state index contributed by atoms with van der Waals surface area (Å²) >= 11 is 0. The molecular formula is C22H31N5O2. The highest BCUT2D eigenvalue weighted by Gasteiger charge is 2.27. The van der Waals surface area contributed by atoms with Crippen molar-refractivity contribution in [1.82, 2.24) is 19.6 Å². The van der Waals surface area contributed by atoms with Gasteiger partial charge in [-0.1, -0.05) is 12.1 Å². The number of benzene rings is 1. The number of hydrogen-bond acceptors (Lipinski definition) is 5. The Morgan fingerprint density at radius 1 is 1.24 bits per heavy atom. The van der Waals surface area contributed by atoms with Gasteiger partial charge in [0.25, 0.3) is 0 Å².